The van der Waals surface area contributed by atoms with Crippen LogP contribution in [0.1, 0.15) is 49.8 Å². The zero-order valence-electron chi connectivity index (χ0n) is 13.2. The molecule has 0 saturated heterocycles. The van der Waals surface area contributed by atoms with E-state index in [-0.39, 0.29) is 5.41 Å². The second-order valence-electron chi connectivity index (χ2n) is 6.43. The number of benzene rings is 1. The lowest BCUT2D eigenvalue weighted by Crippen LogP contribution is -2.46. The lowest BCUT2D eigenvalue weighted by Gasteiger charge is -2.37. The van der Waals surface area contributed by atoms with Gasteiger partial charge in [-0.1, -0.05) is 43.2 Å². The van der Waals surface area contributed by atoms with Crippen molar-refractivity contribution in [2.45, 2.75) is 50.2 Å². The van der Waals surface area contributed by atoms with Gasteiger partial charge in [-0.15, -0.1) is 0 Å². The normalized spacial score (nSPS) is 19.9. The summed E-state index contributed by atoms with van der Waals surface area (Å²) in [5.74, 6) is 0. The number of rotatable bonds is 6. The third-order valence-corrected chi connectivity index (χ3v) is 5.92. The van der Waals surface area contributed by atoms with Crippen molar-refractivity contribution in [2.75, 3.05) is 6.54 Å². The predicted octanol–water partition coefficient (Wildman–Crippen LogP) is 4.27. The lowest BCUT2D eigenvalue weighted by molar-refractivity contribution is 0.162. The predicted molar refractivity (Wildman–Crippen MR) is 93.3 cm³/mol. The molecular weight excluding hydrogens is 290 g/mol. The van der Waals surface area contributed by atoms with Crippen molar-refractivity contribution >= 4 is 11.3 Å². The molecule has 0 radical (unpaired) electrons. The van der Waals surface area contributed by atoms with Crippen LogP contribution in [0.15, 0.2) is 47.2 Å². The second-order valence-corrected chi connectivity index (χ2v) is 7.21. The first-order chi connectivity index (χ1) is 10.7. The van der Waals surface area contributed by atoms with Crippen LogP contribution in [0, 0.1) is 0 Å². The maximum absolute atomic E-state index is 10.3. The van der Waals surface area contributed by atoms with Crippen molar-refractivity contribution in [3.63, 3.8) is 0 Å². The number of hydrogen-bond acceptors (Lipinski definition) is 3. The summed E-state index contributed by atoms with van der Waals surface area (Å²) in [4.78, 5) is 0. The molecule has 0 aliphatic heterocycles. The number of aliphatic hydroxyl groups excluding tert-OH is 1. The van der Waals surface area contributed by atoms with Crippen molar-refractivity contribution in [3.05, 3.63) is 58.3 Å². The van der Waals surface area contributed by atoms with Crippen LogP contribution < -0.4 is 5.32 Å². The van der Waals surface area contributed by atoms with Gasteiger partial charge in [0.2, 0.25) is 0 Å². The van der Waals surface area contributed by atoms with E-state index in [1.54, 1.807) is 11.3 Å². The van der Waals surface area contributed by atoms with Gasteiger partial charge in [-0.3, -0.25) is 0 Å². The Morgan fingerprint density at radius 1 is 1.18 bits per heavy atom. The summed E-state index contributed by atoms with van der Waals surface area (Å²) in [6, 6.07) is 13.3. The molecule has 2 aromatic rings. The molecular formula is C19H25NOS. The van der Waals surface area contributed by atoms with Crippen molar-refractivity contribution in [2.24, 2.45) is 0 Å². The molecule has 22 heavy (non-hydrogen) atoms. The first-order valence-electron chi connectivity index (χ1n) is 8.21. The van der Waals surface area contributed by atoms with Gasteiger partial charge in [-0.25, -0.2) is 0 Å². The molecule has 1 fully saturated rings. The van der Waals surface area contributed by atoms with E-state index in [1.807, 2.05) is 16.8 Å². The Bertz CT molecular complexity index is 560. The molecule has 1 saturated carbocycles. The SMILES string of the molecule is C[C@H](NC[C@@H](O)c1ccsc1)C1(c2ccccc2)CCCC1. The molecule has 2 atom stereocenters. The first kappa shape index (κ1) is 15.7. The molecule has 1 heterocycles. The third kappa shape index (κ3) is 3.12. The van der Waals surface area contributed by atoms with Crippen molar-refractivity contribution in [1.82, 2.24) is 5.32 Å². The molecule has 0 spiro atoms. The quantitative estimate of drug-likeness (QED) is 0.834. The van der Waals surface area contributed by atoms with E-state index in [2.05, 4.69) is 42.6 Å². The minimum Gasteiger partial charge on any atom is -0.387 e. The summed E-state index contributed by atoms with van der Waals surface area (Å²) in [5, 5.41) is 18.0. The van der Waals surface area contributed by atoms with Crippen LogP contribution in [0.4, 0.5) is 0 Å². The van der Waals surface area contributed by atoms with E-state index < -0.39 is 6.10 Å². The smallest absolute Gasteiger partial charge is 0.0922 e. The topological polar surface area (TPSA) is 32.3 Å². The molecule has 2 N–H and O–H groups in total. The van der Waals surface area contributed by atoms with E-state index in [9.17, 15) is 5.11 Å². The number of nitrogens with one attached hydrogen (secondary N) is 1. The van der Waals surface area contributed by atoms with E-state index in [0.29, 0.717) is 12.6 Å². The Labute approximate surface area is 137 Å². The van der Waals surface area contributed by atoms with Crippen molar-refractivity contribution in [1.29, 1.82) is 0 Å². The largest absolute Gasteiger partial charge is 0.387 e. The molecule has 1 aromatic heterocycles. The Balaban J connectivity index is 1.70. The number of hydrogen-bond donors (Lipinski definition) is 2. The van der Waals surface area contributed by atoms with Gasteiger partial charge in [0.15, 0.2) is 0 Å². The molecule has 2 nitrogen and oxygen atoms in total. The Hall–Kier alpha value is -1.16. The van der Waals surface area contributed by atoms with E-state index in [4.69, 9.17) is 0 Å². The van der Waals surface area contributed by atoms with Gasteiger partial charge in [-0.2, -0.15) is 11.3 Å². The molecule has 1 aromatic carbocycles. The molecule has 3 rings (SSSR count). The van der Waals surface area contributed by atoms with Gasteiger partial charge in [-0.05, 0) is 47.7 Å². The maximum atomic E-state index is 10.3. The fraction of sp³-hybridized carbons (Fsp3) is 0.474. The lowest BCUT2D eigenvalue weighted by atomic mass is 9.73. The zero-order valence-corrected chi connectivity index (χ0v) is 14.0. The summed E-state index contributed by atoms with van der Waals surface area (Å²) in [7, 11) is 0. The summed E-state index contributed by atoms with van der Waals surface area (Å²) in [6.45, 7) is 2.89. The summed E-state index contributed by atoms with van der Waals surface area (Å²) in [6.07, 6.45) is 4.66. The highest BCUT2D eigenvalue weighted by Gasteiger charge is 2.40. The molecule has 1 aliphatic carbocycles. The Kier molecular flexibility index (Phi) is 4.97. The van der Waals surface area contributed by atoms with Gasteiger partial charge in [0.1, 0.15) is 0 Å². The number of thiophene rings is 1. The molecule has 118 valence electrons. The van der Waals surface area contributed by atoms with Gasteiger partial charge in [0, 0.05) is 18.0 Å². The van der Waals surface area contributed by atoms with Crippen LogP contribution in [0.25, 0.3) is 0 Å². The monoisotopic (exact) mass is 315 g/mol. The first-order valence-corrected chi connectivity index (χ1v) is 9.16. The van der Waals surface area contributed by atoms with Gasteiger partial charge in [0.25, 0.3) is 0 Å². The van der Waals surface area contributed by atoms with Crippen LogP contribution in [0.3, 0.4) is 0 Å². The van der Waals surface area contributed by atoms with Crippen LogP contribution in [-0.4, -0.2) is 17.7 Å². The fourth-order valence-electron chi connectivity index (χ4n) is 3.81. The van der Waals surface area contributed by atoms with Gasteiger partial charge >= 0.3 is 0 Å². The third-order valence-electron chi connectivity index (χ3n) is 5.22. The van der Waals surface area contributed by atoms with E-state index >= 15 is 0 Å². The molecule has 1 aliphatic rings. The molecule has 0 amide bonds. The van der Waals surface area contributed by atoms with Crippen molar-refractivity contribution in [3.8, 4) is 0 Å². The Morgan fingerprint density at radius 2 is 1.91 bits per heavy atom. The minimum atomic E-state index is -0.414. The highest BCUT2D eigenvalue weighted by Crippen LogP contribution is 2.43. The standard InChI is InChI=1S/C19H25NOS/c1-15(20-13-18(21)16-9-12-22-14-16)19(10-5-6-11-19)17-7-3-2-4-8-17/h2-4,7-9,12,14-15,18,20-21H,5-6,10-11,13H2,1H3/t15-,18+/m0/s1. The Morgan fingerprint density at radius 3 is 2.55 bits per heavy atom. The van der Waals surface area contributed by atoms with Gasteiger partial charge in [0.05, 0.1) is 6.10 Å². The summed E-state index contributed by atoms with van der Waals surface area (Å²) < 4.78 is 0. The van der Waals surface area contributed by atoms with Crippen LogP contribution in [0.2, 0.25) is 0 Å². The van der Waals surface area contributed by atoms with Crippen LogP contribution in [-0.2, 0) is 5.41 Å². The van der Waals surface area contributed by atoms with Crippen molar-refractivity contribution < 1.29 is 5.11 Å². The van der Waals surface area contributed by atoms with Crippen LogP contribution in [0.5, 0.6) is 0 Å². The molecule has 3 heteroatoms. The maximum Gasteiger partial charge on any atom is 0.0922 e. The molecule has 0 bridgehead atoms. The molecule has 0 unspecified atom stereocenters. The average molecular weight is 315 g/mol. The van der Waals surface area contributed by atoms with Gasteiger partial charge < -0.3 is 10.4 Å². The fourth-order valence-corrected chi connectivity index (χ4v) is 4.52. The second kappa shape index (κ2) is 6.95. The summed E-state index contributed by atoms with van der Waals surface area (Å²) in [5.41, 5.74) is 2.68. The van der Waals surface area contributed by atoms with E-state index in [0.717, 1.165) is 5.56 Å². The van der Waals surface area contributed by atoms with Crippen LogP contribution >= 0.6 is 11.3 Å². The highest BCUT2D eigenvalue weighted by molar-refractivity contribution is 7.07. The zero-order chi connectivity index (χ0) is 15.4. The van der Waals surface area contributed by atoms with E-state index in [1.165, 1.54) is 31.2 Å². The summed E-state index contributed by atoms with van der Waals surface area (Å²) >= 11 is 1.64. The number of aliphatic hydroxyl groups is 1. The average Bonchev–Trinajstić information content (AvgIpc) is 3.25. The minimum absolute atomic E-state index is 0.218. The highest BCUT2D eigenvalue weighted by atomic mass is 32.1.